The van der Waals surface area contributed by atoms with E-state index in [1.54, 1.807) is 0 Å². The lowest BCUT2D eigenvalue weighted by Crippen LogP contribution is -2.16. The quantitative estimate of drug-likeness (QED) is 0.201. The highest BCUT2D eigenvalue weighted by Crippen LogP contribution is 2.52. The maximum atomic E-state index is 2.42. The summed E-state index contributed by atoms with van der Waals surface area (Å²) in [5.41, 5.74) is 13.7. The third-order valence-corrected chi connectivity index (χ3v) is 9.27. The van der Waals surface area contributed by atoms with Gasteiger partial charge in [0.1, 0.15) is 0 Å². The van der Waals surface area contributed by atoms with Gasteiger partial charge in [0, 0.05) is 22.2 Å². The number of hydrogen-bond acceptors (Lipinski definition) is 1. The second-order valence-corrected chi connectivity index (χ2v) is 12.2. The van der Waals surface area contributed by atoms with E-state index >= 15 is 0 Å². The zero-order valence-corrected chi connectivity index (χ0v) is 25.0. The highest BCUT2D eigenvalue weighted by molar-refractivity contribution is 5.99. The van der Waals surface area contributed by atoms with Crippen molar-refractivity contribution in [3.8, 4) is 33.4 Å². The van der Waals surface area contributed by atoms with Gasteiger partial charge in [0.05, 0.1) is 5.69 Å². The number of rotatable bonds is 5. The minimum absolute atomic E-state index is 0.132. The first-order chi connectivity index (χ1) is 21.6. The molecular formula is C43H33N. The molecule has 0 saturated carbocycles. The summed E-state index contributed by atoms with van der Waals surface area (Å²) >= 11 is 0. The standard InChI is InChI=1S/C43H33N/c1-43(2)40-28-34(31-14-7-4-8-15-31)22-26-38(40)39-27-25-36(29-41(39)43)44(42-19-11-17-33-16-9-10-18-37(33)42)35-23-20-32(21-24-35)30-12-5-3-6-13-30/h3-29H,1-2H3. The van der Waals surface area contributed by atoms with Crippen molar-refractivity contribution < 1.29 is 0 Å². The van der Waals surface area contributed by atoms with Gasteiger partial charge in [-0.25, -0.2) is 0 Å². The monoisotopic (exact) mass is 563 g/mol. The van der Waals surface area contributed by atoms with Gasteiger partial charge in [-0.1, -0.05) is 141 Å². The average molecular weight is 564 g/mol. The van der Waals surface area contributed by atoms with Crippen LogP contribution < -0.4 is 4.90 Å². The Balaban J connectivity index is 1.27. The van der Waals surface area contributed by atoms with E-state index in [0.717, 1.165) is 11.4 Å². The van der Waals surface area contributed by atoms with Gasteiger partial charge in [-0.15, -0.1) is 0 Å². The van der Waals surface area contributed by atoms with Crippen LogP contribution in [-0.2, 0) is 5.41 Å². The minimum Gasteiger partial charge on any atom is -0.310 e. The lowest BCUT2D eigenvalue weighted by molar-refractivity contribution is 0.660. The maximum Gasteiger partial charge on any atom is 0.0540 e. The van der Waals surface area contributed by atoms with Crippen LogP contribution in [-0.4, -0.2) is 0 Å². The van der Waals surface area contributed by atoms with Crippen molar-refractivity contribution in [2.75, 3.05) is 4.90 Å². The van der Waals surface area contributed by atoms with Gasteiger partial charge in [-0.05, 0) is 86.3 Å². The van der Waals surface area contributed by atoms with Crippen LogP contribution in [0.25, 0.3) is 44.2 Å². The Bertz CT molecular complexity index is 2120. The highest BCUT2D eigenvalue weighted by atomic mass is 15.1. The van der Waals surface area contributed by atoms with Gasteiger partial charge in [0.15, 0.2) is 0 Å². The molecule has 1 heteroatoms. The summed E-state index contributed by atoms with van der Waals surface area (Å²) in [6.07, 6.45) is 0. The summed E-state index contributed by atoms with van der Waals surface area (Å²) in [7, 11) is 0. The second kappa shape index (κ2) is 10.4. The topological polar surface area (TPSA) is 3.24 Å². The van der Waals surface area contributed by atoms with Gasteiger partial charge < -0.3 is 4.90 Å². The molecule has 0 fully saturated rings. The van der Waals surface area contributed by atoms with E-state index < -0.39 is 0 Å². The van der Waals surface area contributed by atoms with Gasteiger partial charge in [0.2, 0.25) is 0 Å². The lowest BCUT2D eigenvalue weighted by Gasteiger charge is -2.29. The van der Waals surface area contributed by atoms with Crippen molar-refractivity contribution in [3.05, 3.63) is 175 Å². The molecule has 0 bridgehead atoms. The number of anilines is 3. The summed E-state index contributed by atoms with van der Waals surface area (Å²) in [5.74, 6) is 0. The summed E-state index contributed by atoms with van der Waals surface area (Å²) in [6.45, 7) is 4.74. The Morgan fingerprint density at radius 2 is 0.932 bits per heavy atom. The zero-order chi connectivity index (χ0) is 29.7. The van der Waals surface area contributed by atoms with Crippen LogP contribution >= 0.6 is 0 Å². The number of fused-ring (bicyclic) bond motifs is 4. The minimum atomic E-state index is -0.132. The first-order valence-electron chi connectivity index (χ1n) is 15.4. The molecule has 0 unspecified atom stereocenters. The molecule has 7 aromatic carbocycles. The van der Waals surface area contributed by atoms with E-state index in [1.807, 2.05) is 0 Å². The van der Waals surface area contributed by atoms with Crippen molar-refractivity contribution in [1.82, 2.24) is 0 Å². The van der Waals surface area contributed by atoms with Crippen LogP contribution in [0.3, 0.4) is 0 Å². The Hall–Kier alpha value is -5.40. The second-order valence-electron chi connectivity index (χ2n) is 12.2. The zero-order valence-electron chi connectivity index (χ0n) is 25.0. The molecule has 0 aliphatic heterocycles. The fraction of sp³-hybridized carbons (Fsp3) is 0.0698. The SMILES string of the molecule is CC1(C)c2cc(-c3ccccc3)ccc2-c2ccc(N(c3ccc(-c4ccccc4)cc3)c3cccc4ccccc34)cc21. The van der Waals surface area contributed by atoms with Crippen LogP contribution in [0.5, 0.6) is 0 Å². The van der Waals surface area contributed by atoms with Crippen LogP contribution in [0, 0.1) is 0 Å². The lowest BCUT2D eigenvalue weighted by atomic mass is 9.81. The van der Waals surface area contributed by atoms with Crippen LogP contribution in [0.2, 0.25) is 0 Å². The molecule has 0 heterocycles. The van der Waals surface area contributed by atoms with Crippen LogP contribution in [0.4, 0.5) is 17.1 Å². The van der Waals surface area contributed by atoms with Crippen molar-refractivity contribution >= 4 is 27.8 Å². The summed E-state index contributed by atoms with van der Waals surface area (Å²) in [5, 5.41) is 2.47. The molecule has 0 radical (unpaired) electrons. The highest BCUT2D eigenvalue weighted by Gasteiger charge is 2.36. The molecule has 0 aromatic heterocycles. The molecule has 1 nitrogen and oxygen atoms in total. The van der Waals surface area contributed by atoms with E-state index in [2.05, 4.69) is 183 Å². The molecule has 44 heavy (non-hydrogen) atoms. The molecule has 1 aliphatic rings. The van der Waals surface area contributed by atoms with Gasteiger partial charge in [-0.2, -0.15) is 0 Å². The number of benzene rings is 7. The van der Waals surface area contributed by atoms with Gasteiger partial charge in [0.25, 0.3) is 0 Å². The Labute approximate surface area is 259 Å². The van der Waals surface area contributed by atoms with Crippen LogP contribution in [0.1, 0.15) is 25.0 Å². The van der Waals surface area contributed by atoms with Crippen molar-refractivity contribution in [2.45, 2.75) is 19.3 Å². The molecular weight excluding hydrogens is 530 g/mol. The van der Waals surface area contributed by atoms with E-state index in [-0.39, 0.29) is 5.41 Å². The smallest absolute Gasteiger partial charge is 0.0540 e. The third kappa shape index (κ3) is 4.32. The van der Waals surface area contributed by atoms with Crippen molar-refractivity contribution in [1.29, 1.82) is 0 Å². The molecule has 8 rings (SSSR count). The first kappa shape index (κ1) is 26.2. The van der Waals surface area contributed by atoms with Gasteiger partial charge >= 0.3 is 0 Å². The average Bonchev–Trinajstić information content (AvgIpc) is 3.31. The third-order valence-electron chi connectivity index (χ3n) is 9.27. The molecule has 7 aromatic rings. The number of nitrogens with zero attached hydrogens (tertiary/aromatic N) is 1. The normalized spacial score (nSPS) is 13.0. The fourth-order valence-electron chi connectivity index (χ4n) is 6.94. The Morgan fingerprint density at radius 1 is 0.409 bits per heavy atom. The predicted octanol–water partition coefficient (Wildman–Crippen LogP) is 11.9. The molecule has 0 atom stereocenters. The van der Waals surface area contributed by atoms with Crippen LogP contribution in [0.15, 0.2) is 164 Å². The first-order valence-corrected chi connectivity index (χ1v) is 15.4. The maximum absolute atomic E-state index is 2.42. The Morgan fingerprint density at radius 3 is 1.66 bits per heavy atom. The van der Waals surface area contributed by atoms with E-state index in [1.165, 1.54) is 61.0 Å². The molecule has 0 spiro atoms. The van der Waals surface area contributed by atoms with Crippen molar-refractivity contribution in [2.24, 2.45) is 0 Å². The molecule has 0 amide bonds. The predicted molar refractivity (Wildman–Crippen MR) is 187 cm³/mol. The van der Waals surface area contributed by atoms with E-state index in [4.69, 9.17) is 0 Å². The fourth-order valence-corrected chi connectivity index (χ4v) is 6.94. The molecule has 210 valence electrons. The summed E-state index contributed by atoms with van der Waals surface area (Å²) in [6, 6.07) is 59.6. The number of hydrogen-bond donors (Lipinski definition) is 0. The summed E-state index contributed by atoms with van der Waals surface area (Å²) in [4.78, 5) is 2.42. The Kier molecular flexibility index (Phi) is 6.20. The molecule has 0 saturated heterocycles. The molecule has 0 N–H and O–H groups in total. The van der Waals surface area contributed by atoms with Crippen molar-refractivity contribution in [3.63, 3.8) is 0 Å². The summed E-state index contributed by atoms with van der Waals surface area (Å²) < 4.78 is 0. The van der Waals surface area contributed by atoms with E-state index in [0.29, 0.717) is 0 Å². The largest absolute Gasteiger partial charge is 0.310 e. The molecule has 1 aliphatic carbocycles. The van der Waals surface area contributed by atoms with E-state index in [9.17, 15) is 0 Å². The van der Waals surface area contributed by atoms with Gasteiger partial charge in [-0.3, -0.25) is 0 Å².